The van der Waals surface area contributed by atoms with Crippen LogP contribution in [0.25, 0.3) is 5.52 Å². The van der Waals surface area contributed by atoms with Gasteiger partial charge >= 0.3 is 0 Å². The Bertz CT molecular complexity index is 907. The van der Waals surface area contributed by atoms with Gasteiger partial charge in [-0.25, -0.2) is 4.98 Å². The Morgan fingerprint density at radius 3 is 2.50 bits per heavy atom. The molecule has 0 aliphatic carbocycles. The van der Waals surface area contributed by atoms with E-state index >= 15 is 0 Å². The zero-order valence-corrected chi connectivity index (χ0v) is 17.7. The molecule has 0 radical (unpaired) electrons. The quantitative estimate of drug-likeness (QED) is 0.517. The number of rotatable bonds is 9. The van der Waals surface area contributed by atoms with Gasteiger partial charge in [0.25, 0.3) is 5.91 Å². The highest BCUT2D eigenvalue weighted by atomic mass is 32.2. The standard InChI is InChI=1S/C22H28N4OS/c1-24(2)16-17-25(14-9-12-18-10-5-4-6-11-18)21(27)20-19-13-7-8-15-26(19)22(23-20)28-3/h4-8,10-11,13,15H,9,12,14,16-17H2,1-3H3. The first-order valence-electron chi connectivity index (χ1n) is 9.59. The Morgan fingerprint density at radius 1 is 1.04 bits per heavy atom. The largest absolute Gasteiger partial charge is 0.336 e. The molecule has 2 heterocycles. The minimum atomic E-state index is 0.0129. The number of thioether (sulfide) groups is 1. The number of hydrogen-bond donors (Lipinski definition) is 0. The maximum atomic E-state index is 13.4. The second-order valence-corrected chi connectivity index (χ2v) is 7.86. The maximum absolute atomic E-state index is 13.4. The summed E-state index contributed by atoms with van der Waals surface area (Å²) >= 11 is 1.55. The van der Waals surface area contributed by atoms with Crippen molar-refractivity contribution >= 4 is 23.2 Å². The van der Waals surface area contributed by atoms with Gasteiger partial charge in [-0.3, -0.25) is 9.20 Å². The molecule has 0 fully saturated rings. The molecule has 0 unspecified atom stereocenters. The van der Waals surface area contributed by atoms with Gasteiger partial charge in [0.05, 0.1) is 5.52 Å². The fourth-order valence-corrected chi connectivity index (χ4v) is 3.75. The molecule has 6 heteroatoms. The van der Waals surface area contributed by atoms with E-state index in [1.807, 2.05) is 60.1 Å². The van der Waals surface area contributed by atoms with Gasteiger partial charge in [0.2, 0.25) is 0 Å². The van der Waals surface area contributed by atoms with Crippen LogP contribution in [0.1, 0.15) is 22.5 Å². The number of likely N-dealkylation sites (N-methyl/N-ethyl adjacent to an activating group) is 1. The Labute approximate surface area is 171 Å². The molecule has 5 nitrogen and oxygen atoms in total. The van der Waals surface area contributed by atoms with Crippen LogP contribution in [-0.2, 0) is 6.42 Å². The molecule has 0 aliphatic rings. The van der Waals surface area contributed by atoms with Crippen molar-refractivity contribution in [3.05, 3.63) is 66.0 Å². The SMILES string of the molecule is CSc1nc(C(=O)N(CCCc2ccccc2)CCN(C)C)c2ccccn12. The van der Waals surface area contributed by atoms with E-state index in [-0.39, 0.29) is 5.91 Å². The average molecular weight is 397 g/mol. The number of carbonyl (C=O) groups excluding carboxylic acids is 1. The minimum absolute atomic E-state index is 0.0129. The topological polar surface area (TPSA) is 40.9 Å². The number of hydrogen-bond acceptors (Lipinski definition) is 4. The Hall–Kier alpha value is -2.31. The van der Waals surface area contributed by atoms with Crippen LogP contribution in [0, 0.1) is 0 Å². The first-order chi connectivity index (χ1) is 13.6. The van der Waals surface area contributed by atoms with Gasteiger partial charge in [-0.15, -0.1) is 0 Å². The fourth-order valence-electron chi connectivity index (χ4n) is 3.22. The van der Waals surface area contributed by atoms with E-state index < -0.39 is 0 Å². The van der Waals surface area contributed by atoms with Crippen LogP contribution in [0.2, 0.25) is 0 Å². The summed E-state index contributed by atoms with van der Waals surface area (Å²) in [5, 5.41) is 0.843. The molecule has 148 valence electrons. The highest BCUT2D eigenvalue weighted by molar-refractivity contribution is 7.98. The van der Waals surface area contributed by atoms with E-state index in [0.29, 0.717) is 12.2 Å². The summed E-state index contributed by atoms with van der Waals surface area (Å²) in [6, 6.07) is 16.3. The summed E-state index contributed by atoms with van der Waals surface area (Å²) in [6.07, 6.45) is 5.85. The predicted octanol–water partition coefficient (Wildman–Crippen LogP) is 3.69. The Morgan fingerprint density at radius 2 is 1.79 bits per heavy atom. The number of aryl methyl sites for hydroxylation is 1. The summed E-state index contributed by atoms with van der Waals surface area (Å²) in [5.41, 5.74) is 2.72. The monoisotopic (exact) mass is 396 g/mol. The number of imidazole rings is 1. The molecule has 3 rings (SSSR count). The van der Waals surface area contributed by atoms with Crippen molar-refractivity contribution in [1.29, 1.82) is 0 Å². The highest BCUT2D eigenvalue weighted by Gasteiger charge is 2.22. The van der Waals surface area contributed by atoms with Crippen molar-refractivity contribution in [2.45, 2.75) is 18.0 Å². The minimum Gasteiger partial charge on any atom is -0.336 e. The number of carbonyl (C=O) groups is 1. The van der Waals surface area contributed by atoms with Gasteiger partial charge in [-0.1, -0.05) is 48.2 Å². The number of aromatic nitrogens is 2. The highest BCUT2D eigenvalue weighted by Crippen LogP contribution is 2.21. The van der Waals surface area contributed by atoms with E-state index in [4.69, 9.17) is 0 Å². The summed E-state index contributed by atoms with van der Waals surface area (Å²) in [7, 11) is 4.06. The molecule has 0 N–H and O–H groups in total. The van der Waals surface area contributed by atoms with Crippen molar-refractivity contribution in [3.8, 4) is 0 Å². The Kier molecular flexibility index (Phi) is 7.12. The first kappa shape index (κ1) is 20.4. The molecular formula is C22H28N4OS. The summed E-state index contributed by atoms with van der Waals surface area (Å²) in [6.45, 7) is 2.25. The van der Waals surface area contributed by atoms with Crippen LogP contribution in [0.15, 0.2) is 59.9 Å². The van der Waals surface area contributed by atoms with Crippen LogP contribution in [0.4, 0.5) is 0 Å². The van der Waals surface area contributed by atoms with Gasteiger partial charge < -0.3 is 9.80 Å². The van der Waals surface area contributed by atoms with E-state index in [0.717, 1.165) is 36.6 Å². The number of nitrogens with zero attached hydrogens (tertiary/aromatic N) is 4. The predicted molar refractivity (Wildman–Crippen MR) is 116 cm³/mol. The lowest BCUT2D eigenvalue weighted by molar-refractivity contribution is 0.0739. The third kappa shape index (κ3) is 4.94. The zero-order valence-electron chi connectivity index (χ0n) is 16.8. The molecule has 28 heavy (non-hydrogen) atoms. The lowest BCUT2D eigenvalue weighted by Crippen LogP contribution is -2.37. The molecule has 0 saturated heterocycles. The molecule has 0 atom stereocenters. The number of fused-ring (bicyclic) bond motifs is 1. The van der Waals surface area contributed by atoms with E-state index in [1.54, 1.807) is 11.8 Å². The molecule has 3 aromatic rings. The molecular weight excluding hydrogens is 368 g/mol. The lowest BCUT2D eigenvalue weighted by Gasteiger charge is -2.24. The van der Waals surface area contributed by atoms with Gasteiger partial charge in [0.15, 0.2) is 10.9 Å². The molecule has 0 spiro atoms. The summed E-state index contributed by atoms with van der Waals surface area (Å²) in [5.74, 6) is 0.0129. The second kappa shape index (κ2) is 9.75. The van der Waals surface area contributed by atoms with Crippen molar-refractivity contribution in [2.75, 3.05) is 40.0 Å². The van der Waals surface area contributed by atoms with Crippen molar-refractivity contribution < 1.29 is 4.79 Å². The van der Waals surface area contributed by atoms with Crippen LogP contribution in [-0.4, -0.2) is 65.1 Å². The molecule has 0 aliphatic heterocycles. The zero-order chi connectivity index (χ0) is 19.9. The lowest BCUT2D eigenvalue weighted by atomic mass is 10.1. The van der Waals surface area contributed by atoms with Gasteiger partial charge in [-0.2, -0.15) is 0 Å². The average Bonchev–Trinajstić information content (AvgIpc) is 3.09. The smallest absolute Gasteiger partial charge is 0.274 e. The van der Waals surface area contributed by atoms with E-state index in [9.17, 15) is 4.79 Å². The summed E-state index contributed by atoms with van der Waals surface area (Å²) < 4.78 is 1.99. The molecule has 1 aromatic carbocycles. The molecule has 0 bridgehead atoms. The van der Waals surface area contributed by atoms with Gasteiger partial charge in [-0.05, 0) is 50.9 Å². The van der Waals surface area contributed by atoms with Gasteiger partial charge in [0, 0.05) is 25.8 Å². The van der Waals surface area contributed by atoms with Crippen molar-refractivity contribution in [1.82, 2.24) is 19.2 Å². The number of benzene rings is 1. The van der Waals surface area contributed by atoms with Crippen LogP contribution >= 0.6 is 11.8 Å². The van der Waals surface area contributed by atoms with Crippen LogP contribution in [0.3, 0.4) is 0 Å². The third-order valence-corrected chi connectivity index (χ3v) is 5.39. The van der Waals surface area contributed by atoms with E-state index in [1.165, 1.54) is 5.56 Å². The van der Waals surface area contributed by atoms with Crippen LogP contribution < -0.4 is 0 Å². The molecule has 0 saturated carbocycles. The Balaban J connectivity index is 1.78. The molecule has 1 amide bonds. The maximum Gasteiger partial charge on any atom is 0.274 e. The third-order valence-electron chi connectivity index (χ3n) is 4.74. The first-order valence-corrected chi connectivity index (χ1v) is 10.8. The number of pyridine rings is 1. The van der Waals surface area contributed by atoms with Crippen LogP contribution in [0.5, 0.6) is 0 Å². The second-order valence-electron chi connectivity index (χ2n) is 7.09. The van der Waals surface area contributed by atoms with E-state index in [2.05, 4.69) is 34.1 Å². The molecule has 2 aromatic heterocycles. The van der Waals surface area contributed by atoms with Crippen molar-refractivity contribution in [2.24, 2.45) is 0 Å². The van der Waals surface area contributed by atoms with Crippen molar-refractivity contribution in [3.63, 3.8) is 0 Å². The van der Waals surface area contributed by atoms with Gasteiger partial charge in [0.1, 0.15) is 0 Å². The fraction of sp³-hybridized carbons (Fsp3) is 0.364. The number of amides is 1. The summed E-state index contributed by atoms with van der Waals surface area (Å²) in [4.78, 5) is 22.1. The normalized spacial score (nSPS) is 11.3.